The molecule has 0 atom stereocenters. The molecule has 0 saturated carbocycles. The number of nitrogens with zero attached hydrogens (tertiary/aromatic N) is 1. The molecule has 0 fully saturated rings. The van der Waals surface area contributed by atoms with Crippen LogP contribution in [0.15, 0.2) is 54.6 Å². The van der Waals surface area contributed by atoms with Crippen LogP contribution in [0.5, 0.6) is 0 Å². The largest absolute Gasteiger partial charge is 0.275 e. The number of hydrogen-bond acceptors (Lipinski definition) is 3. The third-order valence-electron chi connectivity index (χ3n) is 3.50. The Morgan fingerprint density at radius 1 is 0.917 bits per heavy atom. The predicted molar refractivity (Wildman–Crippen MR) is 95.7 cm³/mol. The Morgan fingerprint density at radius 3 is 2.08 bits per heavy atom. The molecular weight excluding hydrogens is 300 g/mol. The van der Waals surface area contributed by atoms with Gasteiger partial charge in [-0.25, -0.2) is 10.4 Å². The third-order valence-corrected chi connectivity index (χ3v) is 3.50. The second-order valence-electron chi connectivity index (χ2n) is 6.68. The zero-order valence-corrected chi connectivity index (χ0v) is 14.7. The van der Waals surface area contributed by atoms with Gasteiger partial charge in [0.25, 0.3) is 11.8 Å². The second-order valence-corrected chi connectivity index (χ2v) is 6.68. The van der Waals surface area contributed by atoms with Crippen molar-refractivity contribution in [3.8, 4) is 0 Å². The van der Waals surface area contributed by atoms with Crippen LogP contribution in [0.1, 0.15) is 54.0 Å². The number of carbonyl (C=O) groups is 2. The molecule has 0 radical (unpaired) electrons. The van der Waals surface area contributed by atoms with Crippen LogP contribution in [0, 0.1) is 0 Å². The van der Waals surface area contributed by atoms with Crippen molar-refractivity contribution in [2.75, 3.05) is 0 Å². The predicted octanol–water partition coefficient (Wildman–Crippen LogP) is 3.83. The summed E-state index contributed by atoms with van der Waals surface area (Å²) in [6, 6.07) is 16.2. The van der Waals surface area contributed by atoms with Crippen LogP contribution in [-0.2, 0) is 6.42 Å². The number of aryl methyl sites for hydroxylation is 1. The van der Waals surface area contributed by atoms with Crippen LogP contribution in [0.4, 0.5) is 0 Å². The average Bonchev–Trinajstić information content (AvgIpc) is 2.58. The summed E-state index contributed by atoms with van der Waals surface area (Å²) >= 11 is 0. The Bertz CT molecular complexity index is 718. The summed E-state index contributed by atoms with van der Waals surface area (Å²) in [5.74, 6) is -0.697. The van der Waals surface area contributed by atoms with Crippen molar-refractivity contribution < 1.29 is 9.59 Å². The maximum Gasteiger partial charge on any atom is 0.275 e. The number of hydrazine groups is 1. The van der Waals surface area contributed by atoms with E-state index in [-0.39, 0.29) is 11.8 Å². The van der Waals surface area contributed by atoms with Gasteiger partial charge in [0, 0.05) is 16.7 Å². The molecule has 0 aliphatic heterocycles. The summed E-state index contributed by atoms with van der Waals surface area (Å²) in [6.07, 6.45) is 0.727. The fourth-order valence-electron chi connectivity index (χ4n) is 2.40. The smallest absolute Gasteiger partial charge is 0.267 e. The number of rotatable bonds is 4. The molecule has 0 saturated heterocycles. The number of imide groups is 1. The summed E-state index contributed by atoms with van der Waals surface area (Å²) < 4.78 is 0. The first-order valence-electron chi connectivity index (χ1n) is 8.13. The minimum Gasteiger partial charge on any atom is -0.267 e. The van der Waals surface area contributed by atoms with Gasteiger partial charge < -0.3 is 0 Å². The van der Waals surface area contributed by atoms with Gasteiger partial charge in [-0.2, -0.15) is 0 Å². The highest BCUT2D eigenvalue weighted by Gasteiger charge is 2.29. The highest BCUT2D eigenvalue weighted by Crippen LogP contribution is 2.15. The molecule has 0 bridgehead atoms. The Kier molecular flexibility index (Phi) is 5.52. The summed E-state index contributed by atoms with van der Waals surface area (Å²) in [5, 5.41) is 1.13. The van der Waals surface area contributed by atoms with Gasteiger partial charge in [-0.05, 0) is 51.0 Å². The molecule has 0 aliphatic carbocycles. The first kappa shape index (κ1) is 17.9. The zero-order chi connectivity index (χ0) is 17.7. The first-order valence-corrected chi connectivity index (χ1v) is 8.13. The molecule has 1 N–H and O–H groups in total. The Balaban J connectivity index is 2.43. The normalized spacial score (nSPS) is 11.2. The summed E-state index contributed by atoms with van der Waals surface area (Å²) in [6.45, 7) is 7.73. The molecule has 4 heteroatoms. The highest BCUT2D eigenvalue weighted by molar-refractivity contribution is 6.10. The van der Waals surface area contributed by atoms with Crippen LogP contribution in [0.3, 0.4) is 0 Å². The van der Waals surface area contributed by atoms with Gasteiger partial charge in [-0.15, -0.1) is 0 Å². The topological polar surface area (TPSA) is 49.4 Å². The lowest BCUT2D eigenvalue weighted by Crippen LogP contribution is -2.55. The molecule has 24 heavy (non-hydrogen) atoms. The van der Waals surface area contributed by atoms with E-state index in [9.17, 15) is 9.59 Å². The Labute approximate surface area is 143 Å². The lowest BCUT2D eigenvalue weighted by atomic mass is 10.0. The number of benzene rings is 2. The lowest BCUT2D eigenvalue weighted by molar-refractivity contribution is 0.0451. The van der Waals surface area contributed by atoms with Gasteiger partial charge in [0.05, 0.1) is 0 Å². The summed E-state index contributed by atoms with van der Waals surface area (Å²) in [5.41, 5.74) is 4.54. The minimum atomic E-state index is -0.429. The van der Waals surface area contributed by atoms with Gasteiger partial charge in [0.2, 0.25) is 0 Å². The fraction of sp³-hybridized carbons (Fsp3) is 0.300. The van der Waals surface area contributed by atoms with E-state index in [0.717, 1.165) is 17.0 Å². The van der Waals surface area contributed by atoms with Crippen molar-refractivity contribution in [1.29, 1.82) is 0 Å². The average molecular weight is 324 g/mol. The van der Waals surface area contributed by atoms with Crippen LogP contribution in [0.25, 0.3) is 0 Å². The molecule has 2 aromatic carbocycles. The lowest BCUT2D eigenvalue weighted by Gasteiger charge is -2.30. The van der Waals surface area contributed by atoms with Gasteiger partial charge in [-0.3, -0.25) is 9.59 Å². The van der Waals surface area contributed by atoms with Crippen LogP contribution < -0.4 is 5.43 Å². The van der Waals surface area contributed by atoms with E-state index in [2.05, 4.69) is 5.43 Å². The number of amides is 2. The van der Waals surface area contributed by atoms with Crippen molar-refractivity contribution in [3.05, 3.63) is 71.3 Å². The van der Waals surface area contributed by atoms with E-state index in [1.165, 1.54) is 0 Å². The maximum absolute atomic E-state index is 13.1. The van der Waals surface area contributed by atoms with E-state index in [4.69, 9.17) is 0 Å². The number of hydrogen-bond donors (Lipinski definition) is 1. The summed E-state index contributed by atoms with van der Waals surface area (Å²) in [4.78, 5) is 25.9. The molecule has 126 valence electrons. The quantitative estimate of drug-likeness (QED) is 0.687. The Morgan fingerprint density at radius 2 is 1.50 bits per heavy atom. The third kappa shape index (κ3) is 4.30. The molecule has 0 unspecified atom stereocenters. The molecule has 4 nitrogen and oxygen atoms in total. The van der Waals surface area contributed by atoms with Crippen LogP contribution in [-0.4, -0.2) is 22.4 Å². The monoisotopic (exact) mass is 324 g/mol. The van der Waals surface area contributed by atoms with Crippen molar-refractivity contribution in [1.82, 2.24) is 10.4 Å². The van der Waals surface area contributed by atoms with Crippen LogP contribution >= 0.6 is 0 Å². The van der Waals surface area contributed by atoms with Gasteiger partial charge in [0.15, 0.2) is 0 Å². The molecule has 0 heterocycles. The van der Waals surface area contributed by atoms with Crippen molar-refractivity contribution in [3.63, 3.8) is 0 Å². The highest BCUT2D eigenvalue weighted by atomic mass is 16.2. The van der Waals surface area contributed by atoms with E-state index >= 15 is 0 Å². The minimum absolute atomic E-state index is 0.337. The van der Waals surface area contributed by atoms with Gasteiger partial charge >= 0.3 is 0 Å². The van der Waals surface area contributed by atoms with Crippen molar-refractivity contribution in [2.24, 2.45) is 0 Å². The number of nitrogens with one attached hydrogen (secondary N) is 1. The second kappa shape index (κ2) is 7.41. The maximum atomic E-state index is 13.1. The Hall–Kier alpha value is -2.46. The van der Waals surface area contributed by atoms with Crippen molar-refractivity contribution in [2.45, 2.75) is 39.7 Å². The van der Waals surface area contributed by atoms with Crippen LogP contribution in [0.2, 0.25) is 0 Å². The fourth-order valence-corrected chi connectivity index (χ4v) is 2.40. The van der Waals surface area contributed by atoms with E-state index in [1.807, 2.05) is 52.0 Å². The standard InChI is InChI=1S/C20H24N2O2/c1-5-15-11-9-10-14-17(15)19(24)22(21-20(2,3)4)18(23)16-12-7-6-8-13-16/h6-14,21H,5H2,1-4H3. The van der Waals surface area contributed by atoms with Gasteiger partial charge in [0.1, 0.15) is 0 Å². The SMILES string of the molecule is CCc1ccccc1C(=O)N(NC(C)(C)C)C(=O)c1ccccc1. The van der Waals surface area contributed by atoms with E-state index < -0.39 is 5.54 Å². The molecule has 2 aromatic rings. The molecule has 0 spiro atoms. The number of carbonyl (C=O) groups excluding carboxylic acids is 2. The van der Waals surface area contributed by atoms with Gasteiger partial charge in [-0.1, -0.05) is 43.3 Å². The first-order chi connectivity index (χ1) is 11.3. The summed E-state index contributed by atoms with van der Waals surface area (Å²) in [7, 11) is 0. The zero-order valence-electron chi connectivity index (χ0n) is 14.7. The molecule has 0 aromatic heterocycles. The molecule has 2 rings (SSSR count). The van der Waals surface area contributed by atoms with Crippen molar-refractivity contribution >= 4 is 11.8 Å². The molecule has 2 amide bonds. The molecular formula is C20H24N2O2. The molecule has 0 aliphatic rings. The van der Waals surface area contributed by atoms with E-state index in [0.29, 0.717) is 11.1 Å². The van der Waals surface area contributed by atoms with E-state index in [1.54, 1.807) is 30.3 Å².